The molecule has 4 rings (SSSR count). The zero-order chi connectivity index (χ0) is 20.5. The summed E-state index contributed by atoms with van der Waals surface area (Å²) >= 11 is 1.25. The predicted octanol–water partition coefficient (Wildman–Crippen LogP) is 4.63. The van der Waals surface area contributed by atoms with Gasteiger partial charge in [0.2, 0.25) is 0 Å². The SMILES string of the molecule is COc1ccc(N2C(=O)c3cc(C)nc(SCc4ccccc4F)c3C2=O)cc1. The zero-order valence-electron chi connectivity index (χ0n) is 15.8. The van der Waals surface area contributed by atoms with Crippen molar-refractivity contribution in [2.75, 3.05) is 12.0 Å². The number of anilines is 1. The Hall–Kier alpha value is -3.19. The maximum absolute atomic E-state index is 14.0. The second-order valence-corrected chi connectivity index (χ2v) is 7.48. The van der Waals surface area contributed by atoms with Gasteiger partial charge in [-0.05, 0) is 48.9 Å². The van der Waals surface area contributed by atoms with Crippen molar-refractivity contribution in [3.8, 4) is 5.75 Å². The molecule has 5 nitrogen and oxygen atoms in total. The number of carbonyl (C=O) groups is 2. The molecule has 0 radical (unpaired) electrons. The summed E-state index contributed by atoms with van der Waals surface area (Å²) < 4.78 is 19.1. The number of aromatic nitrogens is 1. The van der Waals surface area contributed by atoms with Crippen molar-refractivity contribution in [2.24, 2.45) is 0 Å². The number of halogens is 1. The van der Waals surface area contributed by atoms with Crippen LogP contribution in [0.5, 0.6) is 5.75 Å². The van der Waals surface area contributed by atoms with E-state index in [1.165, 1.54) is 17.8 Å². The summed E-state index contributed by atoms with van der Waals surface area (Å²) in [6.07, 6.45) is 0. The number of hydrogen-bond donors (Lipinski definition) is 0. The van der Waals surface area contributed by atoms with Crippen LogP contribution in [0.2, 0.25) is 0 Å². The average molecular weight is 408 g/mol. The number of thioether (sulfide) groups is 1. The Morgan fingerprint density at radius 1 is 1.07 bits per heavy atom. The molecule has 0 unspecified atom stereocenters. The third-order valence-corrected chi connectivity index (χ3v) is 5.64. The van der Waals surface area contributed by atoms with E-state index in [0.717, 1.165) is 4.90 Å². The highest BCUT2D eigenvalue weighted by Crippen LogP contribution is 2.36. The molecule has 0 saturated carbocycles. The molecule has 2 amide bonds. The lowest BCUT2D eigenvalue weighted by Crippen LogP contribution is -2.29. The molecule has 0 N–H and O–H groups in total. The van der Waals surface area contributed by atoms with E-state index in [2.05, 4.69) is 4.98 Å². The number of ether oxygens (including phenoxy) is 1. The third-order valence-electron chi connectivity index (χ3n) is 4.62. The minimum absolute atomic E-state index is 0.262. The standard InChI is InChI=1S/C22H17FN2O3S/c1-13-11-17-19(20(24-13)29-12-14-5-3-4-6-18(14)23)22(27)25(21(17)26)15-7-9-16(28-2)10-8-15/h3-11H,12H2,1-2H3. The number of nitrogens with zero attached hydrogens (tertiary/aromatic N) is 2. The van der Waals surface area contributed by atoms with Gasteiger partial charge in [-0.3, -0.25) is 9.59 Å². The molecule has 2 heterocycles. The number of amides is 2. The number of rotatable bonds is 5. The molecule has 29 heavy (non-hydrogen) atoms. The maximum atomic E-state index is 14.0. The molecule has 0 atom stereocenters. The first-order chi connectivity index (χ1) is 14.0. The molecular weight excluding hydrogens is 391 g/mol. The van der Waals surface area contributed by atoms with Crippen molar-refractivity contribution < 1.29 is 18.7 Å². The maximum Gasteiger partial charge on any atom is 0.268 e. The molecule has 1 aliphatic heterocycles. The quantitative estimate of drug-likeness (QED) is 0.455. The smallest absolute Gasteiger partial charge is 0.268 e. The topological polar surface area (TPSA) is 59.5 Å². The number of imide groups is 1. The van der Waals surface area contributed by atoms with Gasteiger partial charge in [0.05, 0.1) is 23.9 Å². The van der Waals surface area contributed by atoms with E-state index < -0.39 is 11.8 Å². The summed E-state index contributed by atoms with van der Waals surface area (Å²) in [6.45, 7) is 1.77. The van der Waals surface area contributed by atoms with Gasteiger partial charge in [0.15, 0.2) is 0 Å². The van der Waals surface area contributed by atoms with Crippen LogP contribution in [-0.4, -0.2) is 23.9 Å². The minimum atomic E-state index is -0.432. The van der Waals surface area contributed by atoms with Crippen molar-refractivity contribution in [1.82, 2.24) is 4.98 Å². The number of benzene rings is 2. The van der Waals surface area contributed by atoms with Crippen LogP contribution < -0.4 is 9.64 Å². The molecule has 1 aromatic heterocycles. The Morgan fingerprint density at radius 3 is 2.48 bits per heavy atom. The van der Waals surface area contributed by atoms with Crippen LogP contribution in [0, 0.1) is 12.7 Å². The molecule has 146 valence electrons. The normalized spacial score (nSPS) is 13.0. The van der Waals surface area contributed by atoms with Crippen LogP contribution in [0.25, 0.3) is 0 Å². The van der Waals surface area contributed by atoms with Crippen LogP contribution >= 0.6 is 11.8 Å². The van der Waals surface area contributed by atoms with E-state index in [-0.39, 0.29) is 11.4 Å². The number of aryl methyl sites for hydroxylation is 1. The van der Waals surface area contributed by atoms with Crippen molar-refractivity contribution in [3.05, 3.63) is 82.8 Å². The van der Waals surface area contributed by atoms with Gasteiger partial charge >= 0.3 is 0 Å². The summed E-state index contributed by atoms with van der Waals surface area (Å²) in [6, 6.07) is 14.8. The summed E-state index contributed by atoms with van der Waals surface area (Å²) in [5.74, 6) is -0.206. The van der Waals surface area contributed by atoms with Gasteiger partial charge < -0.3 is 4.74 Å². The largest absolute Gasteiger partial charge is 0.497 e. The summed E-state index contributed by atoms with van der Waals surface area (Å²) in [5, 5.41) is 0.428. The van der Waals surface area contributed by atoms with Crippen molar-refractivity contribution in [1.29, 1.82) is 0 Å². The fourth-order valence-corrected chi connectivity index (χ4v) is 4.25. The Bertz CT molecular complexity index is 1120. The van der Waals surface area contributed by atoms with E-state index in [1.807, 2.05) is 0 Å². The minimum Gasteiger partial charge on any atom is -0.497 e. The lowest BCUT2D eigenvalue weighted by Gasteiger charge is -2.14. The van der Waals surface area contributed by atoms with Gasteiger partial charge in [0.25, 0.3) is 11.8 Å². The van der Waals surface area contributed by atoms with Gasteiger partial charge in [-0.15, -0.1) is 11.8 Å². The number of carbonyl (C=O) groups excluding carboxylic acids is 2. The second-order valence-electron chi connectivity index (χ2n) is 6.52. The number of fused-ring (bicyclic) bond motifs is 1. The van der Waals surface area contributed by atoms with E-state index >= 15 is 0 Å². The fourth-order valence-electron chi connectivity index (χ4n) is 3.18. The molecule has 0 saturated heterocycles. The molecule has 0 spiro atoms. The zero-order valence-corrected chi connectivity index (χ0v) is 16.6. The summed E-state index contributed by atoms with van der Waals surface area (Å²) in [4.78, 5) is 31.7. The summed E-state index contributed by atoms with van der Waals surface area (Å²) in [7, 11) is 1.55. The molecule has 0 bridgehead atoms. The van der Waals surface area contributed by atoms with Gasteiger partial charge in [-0.2, -0.15) is 0 Å². The lowest BCUT2D eigenvalue weighted by molar-refractivity contribution is 0.0925. The molecular formula is C22H17FN2O3S. The third kappa shape index (κ3) is 3.49. The van der Waals surface area contributed by atoms with E-state index in [4.69, 9.17) is 4.74 Å². The molecule has 0 aliphatic carbocycles. The Morgan fingerprint density at radius 2 is 1.79 bits per heavy atom. The highest BCUT2D eigenvalue weighted by atomic mass is 32.2. The van der Waals surface area contributed by atoms with Crippen LogP contribution in [0.3, 0.4) is 0 Å². The molecule has 7 heteroatoms. The Balaban J connectivity index is 1.69. The molecule has 3 aromatic rings. The van der Waals surface area contributed by atoms with Crippen LogP contribution in [0.4, 0.5) is 10.1 Å². The number of pyridine rings is 1. The van der Waals surface area contributed by atoms with Crippen molar-refractivity contribution in [2.45, 2.75) is 17.7 Å². The molecule has 0 fully saturated rings. The van der Waals surface area contributed by atoms with Crippen LogP contribution in [-0.2, 0) is 5.75 Å². The first-order valence-corrected chi connectivity index (χ1v) is 9.89. The monoisotopic (exact) mass is 408 g/mol. The van der Waals surface area contributed by atoms with Gasteiger partial charge in [0.1, 0.15) is 16.6 Å². The molecule has 1 aliphatic rings. The van der Waals surface area contributed by atoms with Crippen molar-refractivity contribution in [3.63, 3.8) is 0 Å². The average Bonchev–Trinajstić information content (AvgIpc) is 2.97. The Kier molecular flexibility index (Phi) is 5.07. The van der Waals surface area contributed by atoms with E-state index in [1.54, 1.807) is 62.6 Å². The highest BCUT2D eigenvalue weighted by Gasteiger charge is 2.39. The van der Waals surface area contributed by atoms with Gasteiger partial charge in [0, 0.05) is 11.4 Å². The van der Waals surface area contributed by atoms with Crippen molar-refractivity contribution >= 4 is 29.3 Å². The predicted molar refractivity (Wildman–Crippen MR) is 109 cm³/mol. The van der Waals surface area contributed by atoms with Gasteiger partial charge in [-0.25, -0.2) is 14.3 Å². The number of methoxy groups -OCH3 is 1. The lowest BCUT2D eigenvalue weighted by atomic mass is 10.1. The number of hydrogen-bond acceptors (Lipinski definition) is 5. The second kappa shape index (κ2) is 7.67. The summed E-state index contributed by atoms with van der Waals surface area (Å²) in [5.41, 5.74) is 2.17. The van der Waals surface area contributed by atoms with E-state index in [0.29, 0.717) is 39.0 Å². The Labute approximate surface area is 171 Å². The highest BCUT2D eigenvalue weighted by molar-refractivity contribution is 7.98. The van der Waals surface area contributed by atoms with Gasteiger partial charge in [-0.1, -0.05) is 18.2 Å². The fraction of sp³-hybridized carbons (Fsp3) is 0.136. The van der Waals surface area contributed by atoms with Crippen LogP contribution in [0.15, 0.2) is 59.6 Å². The first kappa shape index (κ1) is 19.1. The first-order valence-electron chi connectivity index (χ1n) is 8.90. The van der Waals surface area contributed by atoms with Crippen LogP contribution in [0.1, 0.15) is 32.0 Å². The van der Waals surface area contributed by atoms with E-state index in [9.17, 15) is 14.0 Å². The molecule has 2 aromatic carbocycles.